The van der Waals surface area contributed by atoms with E-state index in [-0.39, 0.29) is 5.91 Å². The van der Waals surface area contributed by atoms with E-state index in [2.05, 4.69) is 22.3 Å². The summed E-state index contributed by atoms with van der Waals surface area (Å²) in [5, 5.41) is 3.73. The summed E-state index contributed by atoms with van der Waals surface area (Å²) in [6, 6.07) is 13.8. The van der Waals surface area contributed by atoms with Crippen LogP contribution in [0.5, 0.6) is 5.75 Å². The minimum Gasteiger partial charge on any atom is -0.494 e. The summed E-state index contributed by atoms with van der Waals surface area (Å²) in [6.07, 6.45) is 1.12. The number of benzene rings is 2. The Morgan fingerprint density at radius 3 is 2.58 bits per heavy atom. The number of nitrogens with one attached hydrogen (secondary N) is 1. The maximum atomic E-state index is 12.1. The summed E-state index contributed by atoms with van der Waals surface area (Å²) in [6.45, 7) is 3.86. The van der Waals surface area contributed by atoms with E-state index in [4.69, 9.17) is 16.3 Å². The number of rotatable bonds is 9. The second-order valence-corrected chi connectivity index (χ2v) is 7.05. The van der Waals surface area contributed by atoms with Crippen molar-refractivity contribution in [1.29, 1.82) is 0 Å². The first-order chi connectivity index (χ1) is 12.5. The van der Waals surface area contributed by atoms with Crippen LogP contribution in [0.15, 0.2) is 42.5 Å². The number of ether oxygens (including phenoxy) is 1. The van der Waals surface area contributed by atoms with Gasteiger partial charge in [-0.05, 0) is 62.3 Å². The molecule has 1 amide bonds. The SMILES string of the molecule is Cc1cc(OCCCC(=O)NCc2ccccc2CN(C)C)ccc1Cl. The average Bonchev–Trinajstić information content (AvgIpc) is 2.60. The van der Waals surface area contributed by atoms with Gasteiger partial charge in [-0.15, -0.1) is 0 Å². The van der Waals surface area contributed by atoms with Crippen LogP contribution in [-0.2, 0) is 17.9 Å². The number of carbonyl (C=O) groups is 1. The summed E-state index contributed by atoms with van der Waals surface area (Å²) in [4.78, 5) is 14.2. The van der Waals surface area contributed by atoms with E-state index in [1.807, 2.05) is 51.4 Å². The van der Waals surface area contributed by atoms with Gasteiger partial charge >= 0.3 is 0 Å². The van der Waals surface area contributed by atoms with Crippen molar-refractivity contribution < 1.29 is 9.53 Å². The standard InChI is InChI=1S/C21H27ClN2O2/c1-16-13-19(10-11-20(16)22)26-12-6-9-21(25)23-14-17-7-4-5-8-18(17)15-24(2)3/h4-5,7-8,10-11,13H,6,9,12,14-15H2,1-3H3,(H,23,25). The van der Waals surface area contributed by atoms with Crippen molar-refractivity contribution in [3.63, 3.8) is 0 Å². The maximum Gasteiger partial charge on any atom is 0.220 e. The van der Waals surface area contributed by atoms with Crippen molar-refractivity contribution in [3.8, 4) is 5.75 Å². The zero-order valence-corrected chi connectivity index (χ0v) is 16.5. The van der Waals surface area contributed by atoms with E-state index in [0.29, 0.717) is 26.0 Å². The molecule has 0 aromatic heterocycles. The van der Waals surface area contributed by atoms with E-state index in [0.717, 1.165) is 28.4 Å². The second-order valence-electron chi connectivity index (χ2n) is 6.65. The van der Waals surface area contributed by atoms with Crippen LogP contribution in [0.4, 0.5) is 0 Å². The van der Waals surface area contributed by atoms with Gasteiger partial charge in [0.25, 0.3) is 0 Å². The van der Waals surface area contributed by atoms with Gasteiger partial charge in [-0.25, -0.2) is 0 Å². The van der Waals surface area contributed by atoms with E-state index in [1.165, 1.54) is 5.56 Å². The van der Waals surface area contributed by atoms with Crippen LogP contribution in [-0.4, -0.2) is 31.5 Å². The highest BCUT2D eigenvalue weighted by Crippen LogP contribution is 2.21. The Bertz CT molecular complexity index is 732. The molecule has 0 saturated carbocycles. The van der Waals surface area contributed by atoms with Crippen molar-refractivity contribution in [2.24, 2.45) is 0 Å². The molecule has 2 rings (SSSR count). The van der Waals surface area contributed by atoms with Gasteiger partial charge in [0.1, 0.15) is 5.75 Å². The number of hydrogen-bond donors (Lipinski definition) is 1. The number of carbonyl (C=O) groups excluding carboxylic acids is 1. The van der Waals surface area contributed by atoms with Crippen LogP contribution < -0.4 is 10.1 Å². The molecule has 140 valence electrons. The third kappa shape index (κ3) is 6.70. The van der Waals surface area contributed by atoms with Crippen molar-refractivity contribution in [2.45, 2.75) is 32.9 Å². The zero-order chi connectivity index (χ0) is 18.9. The van der Waals surface area contributed by atoms with Gasteiger partial charge in [-0.1, -0.05) is 35.9 Å². The Hall–Kier alpha value is -2.04. The lowest BCUT2D eigenvalue weighted by atomic mass is 10.1. The Labute approximate surface area is 161 Å². The van der Waals surface area contributed by atoms with Crippen LogP contribution in [0.25, 0.3) is 0 Å². The van der Waals surface area contributed by atoms with Crippen molar-refractivity contribution in [2.75, 3.05) is 20.7 Å². The highest BCUT2D eigenvalue weighted by Gasteiger charge is 2.06. The van der Waals surface area contributed by atoms with E-state index < -0.39 is 0 Å². The van der Waals surface area contributed by atoms with Gasteiger partial charge < -0.3 is 15.0 Å². The summed E-state index contributed by atoms with van der Waals surface area (Å²) in [7, 11) is 4.08. The molecule has 0 saturated heterocycles. The molecule has 0 aliphatic rings. The van der Waals surface area contributed by atoms with Gasteiger partial charge in [0.2, 0.25) is 5.91 Å². The number of nitrogens with zero attached hydrogens (tertiary/aromatic N) is 1. The largest absolute Gasteiger partial charge is 0.494 e. The minimum atomic E-state index is 0.0422. The van der Waals surface area contributed by atoms with Gasteiger partial charge in [0.15, 0.2) is 0 Å². The number of hydrogen-bond acceptors (Lipinski definition) is 3. The molecule has 26 heavy (non-hydrogen) atoms. The van der Waals surface area contributed by atoms with Crippen LogP contribution in [0.1, 0.15) is 29.5 Å². The minimum absolute atomic E-state index is 0.0422. The fourth-order valence-corrected chi connectivity index (χ4v) is 2.75. The van der Waals surface area contributed by atoms with Crippen molar-refractivity contribution in [3.05, 3.63) is 64.2 Å². The highest BCUT2D eigenvalue weighted by atomic mass is 35.5. The van der Waals surface area contributed by atoms with Gasteiger partial charge in [-0.3, -0.25) is 4.79 Å². The molecule has 0 aliphatic carbocycles. The molecule has 1 N–H and O–H groups in total. The second kappa shape index (κ2) is 10.2. The van der Waals surface area contributed by atoms with Crippen LogP contribution in [0.2, 0.25) is 5.02 Å². The summed E-state index contributed by atoms with van der Waals surface area (Å²) in [5.41, 5.74) is 3.37. The molecule has 0 spiro atoms. The summed E-state index contributed by atoms with van der Waals surface area (Å²) < 4.78 is 5.67. The molecule has 0 atom stereocenters. The number of halogens is 1. The molecule has 0 unspecified atom stereocenters. The van der Waals surface area contributed by atoms with Crippen molar-refractivity contribution in [1.82, 2.24) is 10.2 Å². The third-order valence-corrected chi connectivity index (χ3v) is 4.45. The van der Waals surface area contributed by atoms with E-state index in [1.54, 1.807) is 0 Å². The molecule has 2 aromatic rings. The van der Waals surface area contributed by atoms with E-state index >= 15 is 0 Å². The molecule has 0 bridgehead atoms. The quantitative estimate of drug-likeness (QED) is 0.669. The molecule has 0 radical (unpaired) electrons. The molecule has 5 heteroatoms. The van der Waals surface area contributed by atoms with E-state index in [9.17, 15) is 4.79 Å². The van der Waals surface area contributed by atoms with Crippen molar-refractivity contribution >= 4 is 17.5 Å². The first kappa shape index (κ1) is 20.3. The molecule has 4 nitrogen and oxygen atoms in total. The third-order valence-electron chi connectivity index (χ3n) is 4.03. The van der Waals surface area contributed by atoms with Gasteiger partial charge in [-0.2, -0.15) is 0 Å². The highest BCUT2D eigenvalue weighted by molar-refractivity contribution is 6.31. The summed E-state index contributed by atoms with van der Waals surface area (Å²) >= 11 is 6.00. The summed E-state index contributed by atoms with van der Waals surface area (Å²) in [5.74, 6) is 0.825. The molecule has 0 aliphatic heterocycles. The topological polar surface area (TPSA) is 41.6 Å². The predicted octanol–water partition coefficient (Wildman–Crippen LogP) is 4.19. The first-order valence-corrected chi connectivity index (χ1v) is 9.20. The monoisotopic (exact) mass is 374 g/mol. The Morgan fingerprint density at radius 2 is 1.88 bits per heavy atom. The lowest BCUT2D eigenvalue weighted by Gasteiger charge is -2.14. The smallest absolute Gasteiger partial charge is 0.220 e. The lowest BCUT2D eigenvalue weighted by Crippen LogP contribution is -2.24. The molecule has 2 aromatic carbocycles. The Kier molecular flexibility index (Phi) is 7.95. The number of aryl methyl sites for hydroxylation is 1. The molecular formula is C21H27ClN2O2. The first-order valence-electron chi connectivity index (χ1n) is 8.83. The van der Waals surface area contributed by atoms with Crippen LogP contribution in [0, 0.1) is 6.92 Å². The number of amides is 1. The average molecular weight is 375 g/mol. The van der Waals surface area contributed by atoms with Gasteiger partial charge in [0, 0.05) is 24.5 Å². The predicted molar refractivity (Wildman–Crippen MR) is 107 cm³/mol. The van der Waals surface area contributed by atoms with Crippen LogP contribution >= 0.6 is 11.6 Å². The van der Waals surface area contributed by atoms with Gasteiger partial charge in [0.05, 0.1) is 6.61 Å². The normalized spacial score (nSPS) is 10.8. The maximum absolute atomic E-state index is 12.1. The molecule has 0 fully saturated rings. The Morgan fingerprint density at radius 1 is 1.15 bits per heavy atom. The van der Waals surface area contributed by atoms with Crippen LogP contribution in [0.3, 0.4) is 0 Å². The zero-order valence-electron chi connectivity index (χ0n) is 15.7. The molecule has 0 heterocycles. The fraction of sp³-hybridized carbons (Fsp3) is 0.381. The molecular weight excluding hydrogens is 348 g/mol. The lowest BCUT2D eigenvalue weighted by molar-refractivity contribution is -0.121. The fourth-order valence-electron chi connectivity index (χ4n) is 2.64. The Balaban J connectivity index is 1.71.